The standard InChI is InChI=1S/C11H19N5/c1-12-6-9-3-4-16(7-9)11-5-10(13-2)14-8-15-11/h5,8-9,12H,3-4,6-7H2,1-2H3,(H,13,14,15). The summed E-state index contributed by atoms with van der Waals surface area (Å²) in [4.78, 5) is 10.8. The zero-order valence-electron chi connectivity index (χ0n) is 9.90. The molecule has 1 aliphatic heterocycles. The van der Waals surface area contributed by atoms with E-state index in [1.165, 1.54) is 6.42 Å². The maximum absolute atomic E-state index is 4.32. The molecule has 2 rings (SSSR count). The topological polar surface area (TPSA) is 53.1 Å². The third-order valence-electron chi connectivity index (χ3n) is 3.01. The fraction of sp³-hybridized carbons (Fsp3) is 0.636. The highest BCUT2D eigenvalue weighted by Gasteiger charge is 2.22. The number of aromatic nitrogens is 2. The van der Waals surface area contributed by atoms with Gasteiger partial charge in [-0.05, 0) is 25.9 Å². The molecule has 2 N–H and O–H groups in total. The van der Waals surface area contributed by atoms with Gasteiger partial charge >= 0.3 is 0 Å². The van der Waals surface area contributed by atoms with Gasteiger partial charge in [0, 0.05) is 26.2 Å². The van der Waals surface area contributed by atoms with Crippen LogP contribution in [-0.2, 0) is 0 Å². The Bertz CT molecular complexity index is 341. The lowest BCUT2D eigenvalue weighted by Crippen LogP contribution is -2.25. The summed E-state index contributed by atoms with van der Waals surface area (Å²) in [5, 5.41) is 6.27. The summed E-state index contributed by atoms with van der Waals surface area (Å²) < 4.78 is 0. The first-order chi connectivity index (χ1) is 7.83. The van der Waals surface area contributed by atoms with Crippen LogP contribution in [0.2, 0.25) is 0 Å². The lowest BCUT2D eigenvalue weighted by atomic mass is 10.1. The van der Waals surface area contributed by atoms with Gasteiger partial charge in [-0.3, -0.25) is 0 Å². The van der Waals surface area contributed by atoms with Crippen LogP contribution in [0, 0.1) is 5.92 Å². The Morgan fingerprint density at radius 1 is 1.44 bits per heavy atom. The predicted molar refractivity (Wildman–Crippen MR) is 65.8 cm³/mol. The second kappa shape index (κ2) is 5.12. The van der Waals surface area contributed by atoms with Gasteiger partial charge in [0.2, 0.25) is 0 Å². The highest BCUT2D eigenvalue weighted by molar-refractivity contribution is 5.48. The number of nitrogens with zero attached hydrogens (tertiary/aromatic N) is 3. The minimum atomic E-state index is 0.734. The molecule has 0 aromatic carbocycles. The number of hydrogen-bond donors (Lipinski definition) is 2. The van der Waals surface area contributed by atoms with Gasteiger partial charge in [-0.2, -0.15) is 0 Å². The van der Waals surface area contributed by atoms with E-state index in [1.54, 1.807) is 6.33 Å². The fourth-order valence-corrected chi connectivity index (χ4v) is 2.15. The molecule has 0 aliphatic carbocycles. The van der Waals surface area contributed by atoms with Crippen LogP contribution < -0.4 is 15.5 Å². The summed E-state index contributed by atoms with van der Waals surface area (Å²) in [5.41, 5.74) is 0. The monoisotopic (exact) mass is 221 g/mol. The molecule has 5 nitrogen and oxygen atoms in total. The van der Waals surface area contributed by atoms with Gasteiger partial charge in [-0.15, -0.1) is 0 Å². The van der Waals surface area contributed by atoms with Crippen LogP contribution in [0.25, 0.3) is 0 Å². The number of nitrogens with one attached hydrogen (secondary N) is 2. The quantitative estimate of drug-likeness (QED) is 0.778. The number of anilines is 2. The second-order valence-electron chi connectivity index (χ2n) is 4.17. The SMILES string of the molecule is CNCC1CCN(c2cc(NC)ncn2)C1. The molecule has 1 aliphatic rings. The Morgan fingerprint density at radius 3 is 3.06 bits per heavy atom. The van der Waals surface area contributed by atoms with Crippen LogP contribution in [0.5, 0.6) is 0 Å². The zero-order chi connectivity index (χ0) is 11.4. The van der Waals surface area contributed by atoms with Crippen molar-refractivity contribution in [1.29, 1.82) is 0 Å². The molecule has 2 heterocycles. The molecular weight excluding hydrogens is 202 g/mol. The number of hydrogen-bond acceptors (Lipinski definition) is 5. The van der Waals surface area contributed by atoms with Crippen LogP contribution in [0.1, 0.15) is 6.42 Å². The van der Waals surface area contributed by atoms with Crippen LogP contribution >= 0.6 is 0 Å². The van der Waals surface area contributed by atoms with Crippen molar-refractivity contribution >= 4 is 11.6 Å². The van der Waals surface area contributed by atoms with Crippen molar-refractivity contribution in [1.82, 2.24) is 15.3 Å². The highest BCUT2D eigenvalue weighted by Crippen LogP contribution is 2.22. The first-order valence-corrected chi connectivity index (χ1v) is 5.73. The first kappa shape index (κ1) is 11.1. The molecule has 5 heteroatoms. The Morgan fingerprint density at radius 2 is 2.31 bits per heavy atom. The fourth-order valence-electron chi connectivity index (χ4n) is 2.15. The first-order valence-electron chi connectivity index (χ1n) is 5.73. The molecular formula is C11H19N5. The lowest BCUT2D eigenvalue weighted by molar-refractivity contribution is 0.549. The Hall–Kier alpha value is -1.36. The van der Waals surface area contributed by atoms with E-state index in [2.05, 4.69) is 25.5 Å². The second-order valence-corrected chi connectivity index (χ2v) is 4.17. The van der Waals surface area contributed by atoms with E-state index in [9.17, 15) is 0 Å². The van der Waals surface area contributed by atoms with Gasteiger partial charge < -0.3 is 15.5 Å². The highest BCUT2D eigenvalue weighted by atomic mass is 15.2. The van der Waals surface area contributed by atoms with Crippen molar-refractivity contribution in [2.75, 3.05) is 43.9 Å². The lowest BCUT2D eigenvalue weighted by Gasteiger charge is -2.17. The van der Waals surface area contributed by atoms with Crippen molar-refractivity contribution in [3.8, 4) is 0 Å². The minimum Gasteiger partial charge on any atom is -0.373 e. The molecule has 0 radical (unpaired) electrons. The van der Waals surface area contributed by atoms with Crippen LogP contribution in [0.15, 0.2) is 12.4 Å². The molecule has 0 spiro atoms. The Kier molecular flexibility index (Phi) is 3.56. The third-order valence-corrected chi connectivity index (χ3v) is 3.01. The average Bonchev–Trinajstić information content (AvgIpc) is 2.78. The molecule has 0 saturated carbocycles. The molecule has 1 saturated heterocycles. The Labute approximate surface area is 96.3 Å². The van der Waals surface area contributed by atoms with Crippen molar-refractivity contribution in [3.05, 3.63) is 12.4 Å². The average molecular weight is 221 g/mol. The van der Waals surface area contributed by atoms with Gasteiger partial charge in [0.1, 0.15) is 18.0 Å². The maximum atomic E-state index is 4.32. The molecule has 1 unspecified atom stereocenters. The summed E-state index contributed by atoms with van der Waals surface area (Å²) in [6.07, 6.45) is 2.85. The third kappa shape index (κ3) is 2.41. The number of rotatable bonds is 4. The van der Waals surface area contributed by atoms with Crippen LogP contribution in [0.4, 0.5) is 11.6 Å². The molecule has 0 bridgehead atoms. The smallest absolute Gasteiger partial charge is 0.134 e. The van der Waals surface area contributed by atoms with Crippen molar-refractivity contribution in [3.63, 3.8) is 0 Å². The van der Waals surface area contributed by atoms with Gasteiger partial charge in [0.15, 0.2) is 0 Å². The van der Waals surface area contributed by atoms with Crippen LogP contribution in [-0.4, -0.2) is 43.7 Å². The van der Waals surface area contributed by atoms with E-state index < -0.39 is 0 Å². The predicted octanol–water partition coefficient (Wildman–Crippen LogP) is 0.564. The van der Waals surface area contributed by atoms with E-state index in [0.29, 0.717) is 0 Å². The van der Waals surface area contributed by atoms with Crippen molar-refractivity contribution < 1.29 is 0 Å². The molecule has 1 aromatic heterocycles. The molecule has 16 heavy (non-hydrogen) atoms. The zero-order valence-corrected chi connectivity index (χ0v) is 9.90. The molecule has 0 amide bonds. The summed E-state index contributed by atoms with van der Waals surface area (Å²) in [6.45, 7) is 3.26. The van der Waals surface area contributed by atoms with Crippen molar-refractivity contribution in [2.45, 2.75) is 6.42 Å². The van der Waals surface area contributed by atoms with E-state index in [4.69, 9.17) is 0 Å². The molecule has 1 aromatic rings. The Balaban J connectivity index is 2.02. The van der Waals surface area contributed by atoms with Gasteiger partial charge in [-0.25, -0.2) is 9.97 Å². The van der Waals surface area contributed by atoms with Crippen molar-refractivity contribution in [2.24, 2.45) is 5.92 Å². The normalized spacial score (nSPS) is 20.1. The summed E-state index contributed by atoms with van der Waals surface area (Å²) in [5.74, 6) is 2.64. The summed E-state index contributed by atoms with van der Waals surface area (Å²) >= 11 is 0. The van der Waals surface area contributed by atoms with E-state index in [-0.39, 0.29) is 0 Å². The molecule has 88 valence electrons. The largest absolute Gasteiger partial charge is 0.373 e. The summed E-state index contributed by atoms with van der Waals surface area (Å²) in [6, 6.07) is 2.00. The van der Waals surface area contributed by atoms with Gasteiger partial charge in [-0.1, -0.05) is 0 Å². The van der Waals surface area contributed by atoms with Gasteiger partial charge in [0.25, 0.3) is 0 Å². The molecule has 1 fully saturated rings. The minimum absolute atomic E-state index is 0.734. The van der Waals surface area contributed by atoms with E-state index >= 15 is 0 Å². The summed E-state index contributed by atoms with van der Waals surface area (Å²) in [7, 11) is 3.88. The maximum Gasteiger partial charge on any atom is 0.134 e. The molecule has 1 atom stereocenters. The van der Waals surface area contributed by atoms with Gasteiger partial charge in [0.05, 0.1) is 0 Å². The van der Waals surface area contributed by atoms with E-state index in [1.807, 2.05) is 20.2 Å². The van der Waals surface area contributed by atoms with E-state index in [0.717, 1.165) is 37.2 Å². The van der Waals surface area contributed by atoms with Crippen LogP contribution in [0.3, 0.4) is 0 Å².